The maximum absolute atomic E-state index is 11.2. The Morgan fingerprint density at radius 3 is 2.61 bits per heavy atom. The Bertz CT molecular complexity index is 607. The van der Waals surface area contributed by atoms with Gasteiger partial charge < -0.3 is 14.4 Å². The molecule has 2 aromatic rings. The lowest BCUT2D eigenvalue weighted by Crippen LogP contribution is -2.06. The zero-order valence-electron chi connectivity index (χ0n) is 9.35. The number of aromatic nitrogens is 1. The molecule has 0 radical (unpaired) electrons. The van der Waals surface area contributed by atoms with Crippen LogP contribution in [0.1, 0.15) is 10.5 Å². The van der Waals surface area contributed by atoms with Gasteiger partial charge in [0, 0.05) is 15.1 Å². The number of hydrogen-bond donors (Lipinski definition) is 1. The summed E-state index contributed by atoms with van der Waals surface area (Å²) in [5, 5.41) is 9.18. The lowest BCUT2D eigenvalue weighted by molar-refractivity contribution is 0.0688. The number of methoxy groups -OCH3 is 1. The minimum absolute atomic E-state index is 0.165. The third kappa shape index (κ3) is 2.44. The van der Waals surface area contributed by atoms with Crippen LogP contribution in [0.25, 0.3) is 5.69 Å². The second kappa shape index (κ2) is 5.16. The second-order valence-corrected chi connectivity index (χ2v) is 5.37. The van der Waals surface area contributed by atoms with Crippen LogP contribution in [0, 0.1) is 0 Å². The van der Waals surface area contributed by atoms with Gasteiger partial charge >= 0.3 is 5.97 Å². The van der Waals surface area contributed by atoms with Crippen LogP contribution in [0.2, 0.25) is 0 Å². The van der Waals surface area contributed by atoms with E-state index in [0.717, 1.165) is 4.47 Å². The number of ether oxygens (including phenoxy) is 1. The van der Waals surface area contributed by atoms with Crippen molar-refractivity contribution in [3.05, 3.63) is 45.1 Å². The van der Waals surface area contributed by atoms with Crippen molar-refractivity contribution in [3.63, 3.8) is 0 Å². The van der Waals surface area contributed by atoms with Gasteiger partial charge in [-0.3, -0.25) is 0 Å². The molecule has 0 fully saturated rings. The molecule has 0 unspecified atom stereocenters. The minimum atomic E-state index is -0.997. The summed E-state index contributed by atoms with van der Waals surface area (Å²) in [6, 6.07) is 6.96. The monoisotopic (exact) mass is 373 g/mol. The minimum Gasteiger partial charge on any atom is -0.495 e. The molecular weight excluding hydrogens is 366 g/mol. The number of carboxylic acids is 1. The summed E-state index contributed by atoms with van der Waals surface area (Å²) in [6.07, 6.45) is 1.69. The first-order valence-electron chi connectivity index (χ1n) is 4.98. The first kappa shape index (κ1) is 13.2. The number of rotatable bonds is 3. The Kier molecular flexibility index (Phi) is 3.77. The highest BCUT2D eigenvalue weighted by molar-refractivity contribution is 9.10. The molecule has 0 aliphatic rings. The number of carbonyl (C=O) groups is 1. The highest BCUT2D eigenvalue weighted by atomic mass is 79.9. The number of halogens is 2. The van der Waals surface area contributed by atoms with Crippen LogP contribution in [0.3, 0.4) is 0 Å². The van der Waals surface area contributed by atoms with E-state index in [1.54, 1.807) is 36.1 Å². The van der Waals surface area contributed by atoms with Gasteiger partial charge in [0.25, 0.3) is 0 Å². The van der Waals surface area contributed by atoms with Crippen LogP contribution in [0.4, 0.5) is 0 Å². The molecule has 0 aliphatic heterocycles. The maximum atomic E-state index is 11.2. The first-order valence-corrected chi connectivity index (χ1v) is 6.56. The van der Waals surface area contributed by atoms with Gasteiger partial charge in [-0.2, -0.15) is 0 Å². The fraction of sp³-hybridized carbons (Fsp3) is 0.0833. The lowest BCUT2D eigenvalue weighted by atomic mass is 10.3. The van der Waals surface area contributed by atoms with Crippen LogP contribution < -0.4 is 4.74 Å². The van der Waals surface area contributed by atoms with Crippen molar-refractivity contribution in [1.29, 1.82) is 0 Å². The molecule has 4 nitrogen and oxygen atoms in total. The summed E-state index contributed by atoms with van der Waals surface area (Å²) in [7, 11) is 1.55. The molecule has 1 aromatic carbocycles. The van der Waals surface area contributed by atoms with Crippen LogP contribution in [0.5, 0.6) is 5.75 Å². The molecule has 0 bridgehead atoms. The summed E-state index contributed by atoms with van der Waals surface area (Å²) in [6.45, 7) is 0. The van der Waals surface area contributed by atoms with Crippen molar-refractivity contribution in [1.82, 2.24) is 4.57 Å². The van der Waals surface area contributed by atoms with E-state index in [-0.39, 0.29) is 5.69 Å². The average Bonchev–Trinajstić information content (AvgIpc) is 2.71. The predicted octanol–water partition coefficient (Wildman–Crippen LogP) is 3.71. The molecule has 94 valence electrons. The smallest absolute Gasteiger partial charge is 0.352 e. The molecular formula is C12H9Br2NO3. The molecule has 0 spiro atoms. The van der Waals surface area contributed by atoms with E-state index in [0.29, 0.717) is 15.9 Å². The molecule has 18 heavy (non-hydrogen) atoms. The molecule has 0 saturated carbocycles. The number of hydrogen-bond acceptors (Lipinski definition) is 2. The number of nitrogens with zero attached hydrogens (tertiary/aromatic N) is 1. The van der Waals surface area contributed by atoms with Crippen molar-refractivity contribution in [2.75, 3.05) is 7.11 Å². The van der Waals surface area contributed by atoms with Gasteiger partial charge in [0.05, 0.1) is 12.8 Å². The van der Waals surface area contributed by atoms with E-state index >= 15 is 0 Å². The van der Waals surface area contributed by atoms with Crippen LogP contribution >= 0.6 is 31.9 Å². The van der Waals surface area contributed by atoms with E-state index in [2.05, 4.69) is 31.9 Å². The van der Waals surface area contributed by atoms with Crippen molar-refractivity contribution >= 4 is 37.8 Å². The topological polar surface area (TPSA) is 51.5 Å². The second-order valence-electron chi connectivity index (χ2n) is 3.53. The molecule has 0 amide bonds. The number of carboxylic acid groups (broad SMARTS) is 1. The Morgan fingerprint density at radius 2 is 2.00 bits per heavy atom. The molecule has 1 heterocycles. The largest absolute Gasteiger partial charge is 0.495 e. The fourth-order valence-corrected chi connectivity index (χ4v) is 2.42. The molecule has 0 saturated heterocycles. The Morgan fingerprint density at radius 1 is 1.28 bits per heavy atom. The Hall–Kier alpha value is -1.27. The maximum Gasteiger partial charge on any atom is 0.352 e. The van der Waals surface area contributed by atoms with Crippen LogP contribution in [-0.4, -0.2) is 22.8 Å². The van der Waals surface area contributed by atoms with Gasteiger partial charge in [-0.15, -0.1) is 0 Å². The molecule has 6 heteroatoms. The highest BCUT2D eigenvalue weighted by Gasteiger charge is 2.16. The molecule has 1 aromatic heterocycles. The SMILES string of the molecule is COc1ccc(Br)cc1-n1cc(Br)cc1C(=O)O. The standard InChI is InChI=1S/C12H9Br2NO3/c1-18-11-3-2-7(13)4-9(11)15-6-8(14)5-10(15)12(16)17/h2-6H,1H3,(H,16,17). The first-order chi connectivity index (χ1) is 8.52. The van der Waals surface area contributed by atoms with E-state index < -0.39 is 5.97 Å². The van der Waals surface area contributed by atoms with Crippen molar-refractivity contribution < 1.29 is 14.6 Å². The van der Waals surface area contributed by atoms with E-state index in [1.807, 2.05) is 6.07 Å². The van der Waals surface area contributed by atoms with Crippen LogP contribution in [0.15, 0.2) is 39.4 Å². The molecule has 1 N–H and O–H groups in total. The van der Waals surface area contributed by atoms with Gasteiger partial charge in [0.1, 0.15) is 11.4 Å². The summed E-state index contributed by atoms with van der Waals surface area (Å²) < 4.78 is 8.36. The van der Waals surface area contributed by atoms with E-state index in [4.69, 9.17) is 4.74 Å². The molecule has 0 atom stereocenters. The normalized spacial score (nSPS) is 10.4. The van der Waals surface area contributed by atoms with Crippen molar-refractivity contribution in [3.8, 4) is 11.4 Å². The van der Waals surface area contributed by atoms with E-state index in [9.17, 15) is 9.90 Å². The summed E-state index contributed by atoms with van der Waals surface area (Å²) in [4.78, 5) is 11.2. The van der Waals surface area contributed by atoms with Crippen LogP contribution in [-0.2, 0) is 0 Å². The Balaban J connectivity index is 2.68. The quantitative estimate of drug-likeness (QED) is 0.890. The zero-order valence-corrected chi connectivity index (χ0v) is 12.5. The fourth-order valence-electron chi connectivity index (χ4n) is 1.65. The summed E-state index contributed by atoms with van der Waals surface area (Å²) >= 11 is 6.64. The lowest BCUT2D eigenvalue weighted by Gasteiger charge is -2.11. The Labute approximate surface area is 120 Å². The summed E-state index contributed by atoms with van der Waals surface area (Å²) in [5.41, 5.74) is 0.827. The van der Waals surface area contributed by atoms with Gasteiger partial charge in [-0.05, 0) is 40.2 Å². The van der Waals surface area contributed by atoms with E-state index in [1.165, 1.54) is 0 Å². The molecule has 2 rings (SSSR count). The van der Waals surface area contributed by atoms with Gasteiger partial charge in [-0.1, -0.05) is 15.9 Å². The third-order valence-corrected chi connectivity index (χ3v) is 3.33. The predicted molar refractivity (Wildman–Crippen MR) is 74.7 cm³/mol. The van der Waals surface area contributed by atoms with Gasteiger partial charge in [0.2, 0.25) is 0 Å². The van der Waals surface area contributed by atoms with Gasteiger partial charge in [-0.25, -0.2) is 4.79 Å². The highest BCUT2D eigenvalue weighted by Crippen LogP contribution is 2.29. The molecule has 0 aliphatic carbocycles. The number of benzene rings is 1. The summed E-state index contributed by atoms with van der Waals surface area (Å²) in [5.74, 6) is -0.397. The zero-order chi connectivity index (χ0) is 13.3. The van der Waals surface area contributed by atoms with Gasteiger partial charge in [0.15, 0.2) is 0 Å². The van der Waals surface area contributed by atoms with Crippen molar-refractivity contribution in [2.45, 2.75) is 0 Å². The number of aromatic carboxylic acids is 1. The third-order valence-electron chi connectivity index (χ3n) is 2.41. The van der Waals surface area contributed by atoms with Crippen molar-refractivity contribution in [2.24, 2.45) is 0 Å². The average molecular weight is 375 g/mol.